The van der Waals surface area contributed by atoms with Crippen molar-refractivity contribution in [1.29, 1.82) is 0 Å². The molecule has 2 rings (SSSR count). The van der Waals surface area contributed by atoms with Crippen LogP contribution in [0.15, 0.2) is 18.2 Å². The molecule has 0 aliphatic carbocycles. The van der Waals surface area contributed by atoms with Crippen molar-refractivity contribution in [2.75, 3.05) is 11.9 Å². The molecule has 0 saturated carbocycles. The standard InChI is InChI=1S/C11H11F2N3S/c1-7-15-16-11(17-7)14-3-2-8-4-9(12)6-10(13)5-8/h4-6H,2-3H2,1H3,(H,14,16). The lowest BCUT2D eigenvalue weighted by atomic mass is 10.1. The van der Waals surface area contributed by atoms with Crippen molar-refractivity contribution in [2.45, 2.75) is 13.3 Å². The molecule has 6 heteroatoms. The van der Waals surface area contributed by atoms with Gasteiger partial charge in [-0.15, -0.1) is 10.2 Å². The zero-order valence-electron chi connectivity index (χ0n) is 9.20. The average molecular weight is 255 g/mol. The van der Waals surface area contributed by atoms with Crippen LogP contribution in [0.4, 0.5) is 13.9 Å². The van der Waals surface area contributed by atoms with E-state index in [1.54, 1.807) is 0 Å². The highest BCUT2D eigenvalue weighted by Crippen LogP contribution is 2.14. The molecule has 0 saturated heterocycles. The summed E-state index contributed by atoms with van der Waals surface area (Å²) in [6.45, 7) is 2.43. The van der Waals surface area contributed by atoms with Gasteiger partial charge in [-0.1, -0.05) is 11.3 Å². The second-order valence-corrected chi connectivity index (χ2v) is 4.76. The van der Waals surface area contributed by atoms with Gasteiger partial charge in [-0.05, 0) is 31.0 Å². The Morgan fingerprint density at radius 1 is 1.18 bits per heavy atom. The lowest BCUT2D eigenvalue weighted by Crippen LogP contribution is -2.05. The third kappa shape index (κ3) is 3.45. The summed E-state index contributed by atoms with van der Waals surface area (Å²) >= 11 is 1.45. The molecular formula is C11H11F2N3S. The molecule has 2 aromatic rings. The van der Waals surface area contributed by atoms with Gasteiger partial charge in [-0.25, -0.2) is 8.78 Å². The normalized spacial score (nSPS) is 10.5. The quantitative estimate of drug-likeness (QED) is 0.912. The molecule has 3 nitrogen and oxygen atoms in total. The summed E-state index contributed by atoms with van der Waals surface area (Å²) in [6, 6.07) is 3.53. The topological polar surface area (TPSA) is 37.8 Å². The number of hydrogen-bond donors (Lipinski definition) is 1. The number of nitrogens with one attached hydrogen (secondary N) is 1. The van der Waals surface area contributed by atoms with E-state index in [2.05, 4.69) is 15.5 Å². The van der Waals surface area contributed by atoms with E-state index in [0.29, 0.717) is 18.5 Å². The van der Waals surface area contributed by atoms with Crippen molar-refractivity contribution >= 4 is 16.5 Å². The van der Waals surface area contributed by atoms with E-state index in [0.717, 1.165) is 16.2 Å². The van der Waals surface area contributed by atoms with Crippen molar-refractivity contribution in [3.63, 3.8) is 0 Å². The van der Waals surface area contributed by atoms with E-state index in [1.807, 2.05) is 6.92 Å². The Hall–Kier alpha value is -1.56. The first-order valence-electron chi connectivity index (χ1n) is 5.12. The maximum Gasteiger partial charge on any atom is 0.205 e. The number of nitrogens with zero attached hydrogens (tertiary/aromatic N) is 2. The predicted octanol–water partition coefficient (Wildman–Crippen LogP) is 2.78. The zero-order valence-corrected chi connectivity index (χ0v) is 10.0. The van der Waals surface area contributed by atoms with Gasteiger partial charge in [0.25, 0.3) is 0 Å². The van der Waals surface area contributed by atoms with Gasteiger partial charge < -0.3 is 5.32 Å². The number of rotatable bonds is 4. The van der Waals surface area contributed by atoms with Crippen LogP contribution in [0.2, 0.25) is 0 Å². The van der Waals surface area contributed by atoms with Crippen LogP contribution in [0.1, 0.15) is 10.6 Å². The lowest BCUT2D eigenvalue weighted by Gasteiger charge is -2.03. The highest BCUT2D eigenvalue weighted by molar-refractivity contribution is 7.15. The molecule has 0 fully saturated rings. The first kappa shape index (κ1) is 11.9. The van der Waals surface area contributed by atoms with E-state index in [4.69, 9.17) is 0 Å². The molecule has 90 valence electrons. The van der Waals surface area contributed by atoms with Gasteiger partial charge in [0.1, 0.15) is 16.6 Å². The van der Waals surface area contributed by atoms with Crippen LogP contribution in [0.3, 0.4) is 0 Å². The van der Waals surface area contributed by atoms with Crippen molar-refractivity contribution in [3.05, 3.63) is 40.4 Å². The van der Waals surface area contributed by atoms with Crippen molar-refractivity contribution < 1.29 is 8.78 Å². The molecule has 1 heterocycles. The van der Waals surface area contributed by atoms with Crippen LogP contribution in [0, 0.1) is 18.6 Å². The second-order valence-electron chi connectivity index (χ2n) is 3.58. The van der Waals surface area contributed by atoms with Crippen LogP contribution in [-0.4, -0.2) is 16.7 Å². The molecule has 0 radical (unpaired) electrons. The minimum absolute atomic E-state index is 0.535. The summed E-state index contributed by atoms with van der Waals surface area (Å²) < 4.78 is 25.8. The molecule has 17 heavy (non-hydrogen) atoms. The van der Waals surface area contributed by atoms with Gasteiger partial charge >= 0.3 is 0 Å². The van der Waals surface area contributed by atoms with Crippen molar-refractivity contribution in [2.24, 2.45) is 0 Å². The van der Waals surface area contributed by atoms with Crippen LogP contribution < -0.4 is 5.32 Å². The molecule has 1 aromatic heterocycles. The number of benzene rings is 1. The Bertz CT molecular complexity index is 493. The second kappa shape index (κ2) is 5.18. The van der Waals surface area contributed by atoms with Gasteiger partial charge in [0.2, 0.25) is 5.13 Å². The minimum Gasteiger partial charge on any atom is -0.360 e. The van der Waals surface area contributed by atoms with Crippen molar-refractivity contribution in [3.8, 4) is 0 Å². The molecule has 1 N–H and O–H groups in total. The number of anilines is 1. The van der Waals surface area contributed by atoms with E-state index >= 15 is 0 Å². The molecule has 0 unspecified atom stereocenters. The summed E-state index contributed by atoms with van der Waals surface area (Å²) in [5, 5.41) is 12.4. The first-order chi connectivity index (χ1) is 8.13. The average Bonchev–Trinajstić information content (AvgIpc) is 2.63. The van der Waals surface area contributed by atoms with Gasteiger partial charge in [-0.3, -0.25) is 0 Å². The highest BCUT2D eigenvalue weighted by Gasteiger charge is 2.02. The van der Waals surface area contributed by atoms with E-state index < -0.39 is 11.6 Å². The van der Waals surface area contributed by atoms with Crippen molar-refractivity contribution in [1.82, 2.24) is 10.2 Å². The minimum atomic E-state index is -0.549. The Labute approximate surface area is 102 Å². The van der Waals surface area contributed by atoms with Gasteiger partial charge in [0.15, 0.2) is 0 Å². The van der Waals surface area contributed by atoms with E-state index in [-0.39, 0.29) is 0 Å². The Morgan fingerprint density at radius 2 is 1.88 bits per heavy atom. The SMILES string of the molecule is Cc1nnc(NCCc2cc(F)cc(F)c2)s1. The highest BCUT2D eigenvalue weighted by atomic mass is 32.1. The first-order valence-corrected chi connectivity index (χ1v) is 5.94. The number of hydrogen-bond acceptors (Lipinski definition) is 4. The Morgan fingerprint density at radius 3 is 2.47 bits per heavy atom. The van der Waals surface area contributed by atoms with Gasteiger partial charge in [0.05, 0.1) is 0 Å². The fourth-order valence-electron chi connectivity index (χ4n) is 1.44. The molecule has 0 aliphatic heterocycles. The predicted molar refractivity (Wildman–Crippen MR) is 63.2 cm³/mol. The summed E-state index contributed by atoms with van der Waals surface area (Å²) in [5.41, 5.74) is 0.622. The summed E-state index contributed by atoms with van der Waals surface area (Å²) in [5.74, 6) is -1.10. The molecule has 1 aromatic carbocycles. The zero-order chi connectivity index (χ0) is 12.3. The molecule has 0 aliphatic rings. The van der Waals surface area contributed by atoms with E-state index in [1.165, 1.54) is 23.5 Å². The Balaban J connectivity index is 1.89. The summed E-state index contributed by atoms with van der Waals surface area (Å²) in [4.78, 5) is 0. The number of aromatic nitrogens is 2. The molecular weight excluding hydrogens is 244 g/mol. The maximum atomic E-state index is 12.9. The maximum absolute atomic E-state index is 12.9. The third-order valence-electron chi connectivity index (χ3n) is 2.14. The molecule has 0 bridgehead atoms. The molecule has 0 amide bonds. The Kier molecular flexibility index (Phi) is 3.63. The fourth-order valence-corrected chi connectivity index (χ4v) is 2.05. The summed E-state index contributed by atoms with van der Waals surface area (Å²) in [7, 11) is 0. The molecule has 0 atom stereocenters. The van der Waals surface area contributed by atoms with Gasteiger partial charge in [0, 0.05) is 12.6 Å². The summed E-state index contributed by atoms with van der Waals surface area (Å²) in [6.07, 6.45) is 0.535. The smallest absolute Gasteiger partial charge is 0.205 e. The van der Waals surface area contributed by atoms with Crippen LogP contribution >= 0.6 is 11.3 Å². The number of aryl methyl sites for hydroxylation is 1. The van der Waals surface area contributed by atoms with Crippen LogP contribution in [0.25, 0.3) is 0 Å². The third-order valence-corrected chi connectivity index (χ3v) is 2.93. The monoisotopic (exact) mass is 255 g/mol. The largest absolute Gasteiger partial charge is 0.360 e. The van der Waals surface area contributed by atoms with E-state index in [9.17, 15) is 8.78 Å². The van der Waals surface area contributed by atoms with Gasteiger partial charge in [-0.2, -0.15) is 0 Å². The van der Waals surface area contributed by atoms with Crippen LogP contribution in [0.5, 0.6) is 0 Å². The molecule has 0 spiro atoms. The van der Waals surface area contributed by atoms with Crippen LogP contribution in [-0.2, 0) is 6.42 Å². The number of halogens is 2. The lowest BCUT2D eigenvalue weighted by molar-refractivity contribution is 0.580. The fraction of sp³-hybridized carbons (Fsp3) is 0.273.